The first-order chi connectivity index (χ1) is 16.6. The Morgan fingerprint density at radius 2 is 1.50 bits per heavy atom. The number of nitrogens with zero attached hydrogens (tertiary/aromatic N) is 1. The van der Waals surface area contributed by atoms with Crippen molar-refractivity contribution in [2.24, 2.45) is 0 Å². The number of aromatic nitrogens is 1. The van der Waals surface area contributed by atoms with Gasteiger partial charge in [-0.3, -0.25) is 4.79 Å². The van der Waals surface area contributed by atoms with Crippen LogP contribution < -0.4 is 14.8 Å². The molecule has 0 aliphatic heterocycles. The zero-order chi connectivity index (χ0) is 23.9. The molecule has 34 heavy (non-hydrogen) atoms. The highest BCUT2D eigenvalue weighted by Crippen LogP contribution is 2.40. The quantitative estimate of drug-likeness (QED) is 0.313. The molecule has 0 spiro atoms. The number of amides is 1. The van der Waals surface area contributed by atoms with Gasteiger partial charge in [0.15, 0.2) is 5.13 Å². The molecule has 0 unspecified atom stereocenters. The van der Waals surface area contributed by atoms with Crippen LogP contribution in [0.4, 0.5) is 5.13 Å². The van der Waals surface area contributed by atoms with Gasteiger partial charge in [0.2, 0.25) is 5.91 Å². The Morgan fingerprint density at radius 3 is 2.09 bits per heavy atom. The second-order valence-corrected chi connectivity index (χ2v) is 8.67. The first kappa shape index (κ1) is 23.5. The van der Waals surface area contributed by atoms with Crippen LogP contribution in [0.2, 0.25) is 0 Å². The summed E-state index contributed by atoms with van der Waals surface area (Å²) in [5, 5.41) is 13.8. The maximum Gasteiger partial charge on any atom is 0.226 e. The molecule has 1 atom stereocenters. The fraction of sp³-hybridized carbons (Fsp3) is 0.185. The molecule has 0 fully saturated rings. The van der Waals surface area contributed by atoms with E-state index in [0.29, 0.717) is 11.6 Å². The molecule has 0 radical (unpaired) electrons. The predicted molar refractivity (Wildman–Crippen MR) is 135 cm³/mol. The van der Waals surface area contributed by atoms with Crippen LogP contribution in [0.1, 0.15) is 24.5 Å². The highest BCUT2D eigenvalue weighted by molar-refractivity contribution is 7.19. The van der Waals surface area contributed by atoms with Crippen molar-refractivity contribution in [1.29, 1.82) is 0 Å². The lowest BCUT2D eigenvalue weighted by molar-refractivity contribution is -0.116. The van der Waals surface area contributed by atoms with Crippen molar-refractivity contribution in [3.63, 3.8) is 0 Å². The molecule has 1 aromatic heterocycles. The molecule has 3 aromatic carbocycles. The fourth-order valence-corrected chi connectivity index (χ4v) is 4.56. The SMILES string of the molecule is COc1ccc(-c2nc(NC(=O)CC[C@H](O)c3ccccc3)sc2-c2ccc(OC)cc2)cc1. The summed E-state index contributed by atoms with van der Waals surface area (Å²) in [6, 6.07) is 24.8. The largest absolute Gasteiger partial charge is 0.497 e. The van der Waals surface area contributed by atoms with E-state index < -0.39 is 6.10 Å². The Labute approximate surface area is 202 Å². The van der Waals surface area contributed by atoms with Gasteiger partial charge >= 0.3 is 0 Å². The number of thiazole rings is 1. The predicted octanol–water partition coefficient (Wildman–Crippen LogP) is 5.95. The number of hydrogen-bond donors (Lipinski definition) is 2. The van der Waals surface area contributed by atoms with Gasteiger partial charge in [-0.2, -0.15) is 0 Å². The van der Waals surface area contributed by atoms with Gasteiger partial charge in [-0.05, 0) is 66.1 Å². The van der Waals surface area contributed by atoms with Crippen LogP contribution >= 0.6 is 11.3 Å². The molecular weight excluding hydrogens is 448 g/mol. The van der Waals surface area contributed by atoms with E-state index in [1.54, 1.807) is 14.2 Å². The van der Waals surface area contributed by atoms with Crippen LogP contribution in [-0.2, 0) is 4.79 Å². The molecule has 6 nitrogen and oxygen atoms in total. The third-order valence-electron chi connectivity index (χ3n) is 5.42. The van der Waals surface area contributed by atoms with Gasteiger partial charge in [-0.25, -0.2) is 4.98 Å². The Balaban J connectivity index is 1.54. The molecule has 2 N–H and O–H groups in total. The average Bonchev–Trinajstić information content (AvgIpc) is 3.31. The van der Waals surface area contributed by atoms with Gasteiger partial charge in [0.1, 0.15) is 11.5 Å². The molecule has 0 saturated carbocycles. The summed E-state index contributed by atoms with van der Waals surface area (Å²) in [4.78, 5) is 18.3. The van der Waals surface area contributed by atoms with E-state index in [9.17, 15) is 9.90 Å². The number of aliphatic hydroxyl groups is 1. The van der Waals surface area contributed by atoms with E-state index in [4.69, 9.17) is 14.5 Å². The summed E-state index contributed by atoms with van der Waals surface area (Å²) in [6.07, 6.45) is -0.170. The Hall–Kier alpha value is -3.68. The molecule has 0 bridgehead atoms. The Morgan fingerprint density at radius 1 is 0.912 bits per heavy atom. The minimum absolute atomic E-state index is 0.186. The smallest absolute Gasteiger partial charge is 0.226 e. The van der Waals surface area contributed by atoms with Crippen molar-refractivity contribution in [3.8, 4) is 33.2 Å². The molecule has 1 heterocycles. The standard InChI is InChI=1S/C27H26N2O4S/c1-32-21-12-8-19(9-13-21)25-26(20-10-14-22(33-2)15-11-20)34-27(29-25)28-24(31)17-16-23(30)18-6-4-3-5-7-18/h3-15,23,30H,16-17H2,1-2H3,(H,28,29,31)/t23-/m0/s1. The zero-order valence-electron chi connectivity index (χ0n) is 19.0. The third-order valence-corrected chi connectivity index (χ3v) is 6.44. The van der Waals surface area contributed by atoms with Gasteiger partial charge in [-0.1, -0.05) is 41.7 Å². The summed E-state index contributed by atoms with van der Waals surface area (Å²) < 4.78 is 10.6. The number of hydrogen-bond acceptors (Lipinski definition) is 6. The van der Waals surface area contributed by atoms with E-state index >= 15 is 0 Å². The molecule has 0 saturated heterocycles. The van der Waals surface area contributed by atoms with Gasteiger partial charge in [0, 0.05) is 12.0 Å². The lowest BCUT2D eigenvalue weighted by atomic mass is 10.1. The molecule has 7 heteroatoms. The van der Waals surface area contributed by atoms with E-state index in [0.717, 1.165) is 38.8 Å². The number of nitrogens with one attached hydrogen (secondary N) is 1. The lowest BCUT2D eigenvalue weighted by Gasteiger charge is -2.10. The van der Waals surface area contributed by atoms with Crippen LogP contribution in [0.15, 0.2) is 78.9 Å². The summed E-state index contributed by atoms with van der Waals surface area (Å²) in [6.45, 7) is 0. The fourth-order valence-electron chi connectivity index (χ4n) is 3.55. The number of aliphatic hydroxyl groups excluding tert-OH is 1. The summed E-state index contributed by atoms with van der Waals surface area (Å²) in [7, 11) is 3.26. The summed E-state index contributed by atoms with van der Waals surface area (Å²) >= 11 is 1.41. The van der Waals surface area contributed by atoms with Crippen molar-refractivity contribution in [2.75, 3.05) is 19.5 Å². The van der Waals surface area contributed by atoms with Crippen molar-refractivity contribution in [3.05, 3.63) is 84.4 Å². The zero-order valence-corrected chi connectivity index (χ0v) is 19.8. The molecule has 4 aromatic rings. The second-order valence-electron chi connectivity index (χ2n) is 7.67. The second kappa shape index (κ2) is 11.0. The minimum atomic E-state index is -0.687. The van der Waals surface area contributed by atoms with Gasteiger partial charge < -0.3 is 19.9 Å². The highest BCUT2D eigenvalue weighted by atomic mass is 32.1. The van der Waals surface area contributed by atoms with Crippen molar-refractivity contribution < 1.29 is 19.4 Å². The first-order valence-corrected chi connectivity index (χ1v) is 11.7. The number of carbonyl (C=O) groups is 1. The lowest BCUT2D eigenvalue weighted by Crippen LogP contribution is -2.12. The molecule has 1 amide bonds. The number of ether oxygens (including phenoxy) is 2. The van der Waals surface area contributed by atoms with E-state index in [2.05, 4.69) is 5.32 Å². The normalized spacial score (nSPS) is 11.6. The summed E-state index contributed by atoms with van der Waals surface area (Å²) in [5.74, 6) is 1.34. The first-order valence-electron chi connectivity index (χ1n) is 10.9. The van der Waals surface area contributed by atoms with Gasteiger partial charge in [0.25, 0.3) is 0 Å². The van der Waals surface area contributed by atoms with Crippen molar-refractivity contribution >= 4 is 22.4 Å². The molecule has 0 aliphatic carbocycles. The van der Waals surface area contributed by atoms with E-state index in [1.165, 1.54) is 11.3 Å². The molecule has 4 rings (SSSR count). The number of benzene rings is 3. The maximum atomic E-state index is 12.6. The summed E-state index contributed by atoms with van der Waals surface area (Å²) in [5.41, 5.74) is 3.47. The van der Waals surface area contributed by atoms with Crippen LogP contribution in [0.3, 0.4) is 0 Å². The van der Waals surface area contributed by atoms with Gasteiger partial charge in [0.05, 0.1) is 30.9 Å². The van der Waals surface area contributed by atoms with Gasteiger partial charge in [-0.15, -0.1) is 0 Å². The highest BCUT2D eigenvalue weighted by Gasteiger charge is 2.18. The molecular formula is C27H26N2O4S. The van der Waals surface area contributed by atoms with Crippen LogP contribution in [-0.4, -0.2) is 30.2 Å². The van der Waals surface area contributed by atoms with Crippen LogP contribution in [0.25, 0.3) is 21.7 Å². The minimum Gasteiger partial charge on any atom is -0.497 e. The van der Waals surface area contributed by atoms with E-state index in [1.807, 2.05) is 78.9 Å². The molecule has 174 valence electrons. The van der Waals surface area contributed by atoms with E-state index in [-0.39, 0.29) is 12.3 Å². The monoisotopic (exact) mass is 474 g/mol. The number of methoxy groups -OCH3 is 2. The van der Waals surface area contributed by atoms with Crippen molar-refractivity contribution in [2.45, 2.75) is 18.9 Å². The Kier molecular flexibility index (Phi) is 7.57. The topological polar surface area (TPSA) is 80.7 Å². The molecule has 0 aliphatic rings. The number of anilines is 1. The number of carbonyl (C=O) groups excluding carboxylic acids is 1. The van der Waals surface area contributed by atoms with Crippen LogP contribution in [0, 0.1) is 0 Å². The third kappa shape index (κ3) is 5.62. The maximum absolute atomic E-state index is 12.6. The van der Waals surface area contributed by atoms with Crippen LogP contribution in [0.5, 0.6) is 11.5 Å². The van der Waals surface area contributed by atoms with Crippen molar-refractivity contribution in [1.82, 2.24) is 4.98 Å². The average molecular weight is 475 g/mol. The Bertz CT molecular complexity index is 1160. The number of rotatable bonds is 9.